The van der Waals surface area contributed by atoms with E-state index in [1.165, 1.54) is 6.07 Å². The van der Waals surface area contributed by atoms with Crippen LogP contribution < -0.4 is 15.6 Å². The summed E-state index contributed by atoms with van der Waals surface area (Å²) in [5, 5.41) is 10.5. The zero-order valence-corrected chi connectivity index (χ0v) is 24.2. The summed E-state index contributed by atoms with van der Waals surface area (Å²) >= 11 is 0. The average molecular weight is 562 g/mol. The number of aryl methyl sites for hydroxylation is 2. The van der Waals surface area contributed by atoms with E-state index in [-0.39, 0.29) is 23.4 Å². The third kappa shape index (κ3) is 5.77. The summed E-state index contributed by atoms with van der Waals surface area (Å²) < 4.78 is 23.3. The minimum Gasteiger partial charge on any atom is -0.487 e. The molecule has 0 fully saturated rings. The molecule has 5 rings (SSSR count). The summed E-state index contributed by atoms with van der Waals surface area (Å²) in [6.45, 7) is 7.90. The third-order valence-corrected chi connectivity index (χ3v) is 7.40. The number of aromatic nitrogens is 2. The monoisotopic (exact) mass is 562 g/mol. The van der Waals surface area contributed by atoms with Gasteiger partial charge in [-0.1, -0.05) is 49.7 Å². The maximum Gasteiger partial charge on any atom is 0.261 e. The first-order valence-corrected chi connectivity index (χ1v) is 13.9. The Balaban J connectivity index is 1.53. The van der Waals surface area contributed by atoms with Crippen LogP contribution in [-0.4, -0.2) is 34.6 Å². The quantitative estimate of drug-likeness (QED) is 0.169. The zero-order valence-electron chi connectivity index (χ0n) is 24.2. The summed E-state index contributed by atoms with van der Waals surface area (Å²) in [4.78, 5) is 30.1. The smallest absolute Gasteiger partial charge is 0.261 e. The van der Waals surface area contributed by atoms with Crippen molar-refractivity contribution >= 4 is 19.5 Å². The molecule has 0 unspecified atom stereocenters. The van der Waals surface area contributed by atoms with E-state index < -0.39 is 11.6 Å². The second-order valence-electron chi connectivity index (χ2n) is 11.2. The van der Waals surface area contributed by atoms with Gasteiger partial charge in [0.15, 0.2) is 5.81 Å². The molecule has 1 amide bonds. The number of benzene rings is 3. The number of amidine groups is 1. The number of amides is 1. The number of carbonyl (C=O) groups excluding carboxylic acids is 1. The van der Waals surface area contributed by atoms with Gasteiger partial charge in [0.1, 0.15) is 28.8 Å². The number of nitrogens with one attached hydrogen (secondary N) is 2. The molecule has 7 nitrogen and oxygen atoms in total. The van der Waals surface area contributed by atoms with Gasteiger partial charge < -0.3 is 10.1 Å². The van der Waals surface area contributed by atoms with Crippen LogP contribution in [0.15, 0.2) is 65.5 Å². The highest BCUT2D eigenvalue weighted by Gasteiger charge is 2.30. The Morgan fingerprint density at radius 3 is 2.64 bits per heavy atom. The molecular weight excluding hydrogens is 530 g/mol. The molecule has 0 saturated heterocycles. The predicted octanol–water partition coefficient (Wildman–Crippen LogP) is 5.81. The predicted molar refractivity (Wildman–Crippen MR) is 163 cm³/mol. The lowest BCUT2D eigenvalue weighted by atomic mass is 9.95. The van der Waals surface area contributed by atoms with Crippen molar-refractivity contribution < 1.29 is 13.9 Å². The Hall–Kier alpha value is -4.53. The zero-order chi connectivity index (χ0) is 30.2. The van der Waals surface area contributed by atoms with Gasteiger partial charge in [-0.3, -0.25) is 19.6 Å². The molecular formula is C33H32BFN4O3. The van der Waals surface area contributed by atoms with Crippen LogP contribution >= 0.6 is 0 Å². The largest absolute Gasteiger partial charge is 0.487 e. The lowest BCUT2D eigenvalue weighted by molar-refractivity contribution is 0.138. The van der Waals surface area contributed by atoms with Gasteiger partial charge in [0.2, 0.25) is 7.85 Å². The standard InChI is InChI=1S/C33H32BFN4O3/c1-5-8-28-26(31(40)39(19(2)37-28)23-13-14-29-22(15-23)18-33(3,4)42-29)16-21-12-11-20(17-27(21)35)24-9-6-7-10-25(24)30(36)38-32(34)41/h6-7,9-15,17H,5,8,16,18H2,1-4H3,(H2,36,38,41). The molecule has 0 atom stereocenters. The van der Waals surface area contributed by atoms with Gasteiger partial charge in [-0.15, -0.1) is 0 Å². The highest BCUT2D eigenvalue weighted by atomic mass is 19.1. The Morgan fingerprint density at radius 2 is 1.93 bits per heavy atom. The number of rotatable bonds is 7. The SMILES string of the molecule is [B]C(=O)NC(=N)c1ccccc1-c1ccc(Cc2c(CCC)nc(C)n(-c3ccc4c(c3)CC(C)(C)O4)c2=O)c(F)c1. The molecule has 0 bridgehead atoms. The lowest BCUT2D eigenvalue weighted by Crippen LogP contribution is -2.29. The highest BCUT2D eigenvalue weighted by molar-refractivity contribution is 6.58. The van der Waals surface area contributed by atoms with E-state index in [0.717, 1.165) is 24.2 Å². The van der Waals surface area contributed by atoms with Gasteiger partial charge in [0.05, 0.1) is 11.4 Å². The molecule has 4 aromatic rings. The van der Waals surface area contributed by atoms with E-state index in [9.17, 15) is 9.59 Å². The van der Waals surface area contributed by atoms with Crippen molar-refractivity contribution in [1.29, 1.82) is 5.41 Å². The normalized spacial score (nSPS) is 13.4. The van der Waals surface area contributed by atoms with Gasteiger partial charge in [0, 0.05) is 29.5 Å². The third-order valence-electron chi connectivity index (χ3n) is 7.40. The van der Waals surface area contributed by atoms with Crippen LogP contribution in [0.4, 0.5) is 9.18 Å². The molecule has 1 aliphatic rings. The Kier molecular flexibility index (Phi) is 7.86. The van der Waals surface area contributed by atoms with Crippen molar-refractivity contribution in [2.24, 2.45) is 0 Å². The molecule has 0 spiro atoms. The molecule has 1 aromatic heterocycles. The lowest BCUT2D eigenvalue weighted by Gasteiger charge is -2.17. The minimum atomic E-state index is -0.853. The van der Waals surface area contributed by atoms with E-state index in [1.54, 1.807) is 41.0 Å². The number of ether oxygens (including phenoxy) is 1. The number of halogens is 1. The van der Waals surface area contributed by atoms with Gasteiger partial charge in [0.25, 0.3) is 5.56 Å². The van der Waals surface area contributed by atoms with Crippen LogP contribution in [0.25, 0.3) is 16.8 Å². The molecule has 1 aliphatic heterocycles. The van der Waals surface area contributed by atoms with Crippen LogP contribution in [-0.2, 0) is 19.3 Å². The molecule has 212 valence electrons. The molecule has 0 saturated carbocycles. The van der Waals surface area contributed by atoms with E-state index in [0.29, 0.717) is 51.4 Å². The number of fused-ring (bicyclic) bond motifs is 1. The summed E-state index contributed by atoms with van der Waals surface area (Å²) in [7, 11) is 5.19. The Bertz CT molecular complexity index is 1780. The van der Waals surface area contributed by atoms with E-state index >= 15 is 4.39 Å². The second kappa shape index (κ2) is 11.4. The van der Waals surface area contributed by atoms with E-state index in [4.69, 9.17) is 23.0 Å². The number of carbonyl (C=O) groups is 1. The molecule has 0 aliphatic carbocycles. The van der Waals surface area contributed by atoms with Gasteiger partial charge >= 0.3 is 0 Å². The van der Waals surface area contributed by atoms with Crippen LogP contribution in [0.2, 0.25) is 0 Å². The van der Waals surface area contributed by atoms with Crippen molar-refractivity contribution in [2.45, 2.75) is 59.0 Å². The van der Waals surface area contributed by atoms with Crippen LogP contribution in [0.3, 0.4) is 0 Å². The summed E-state index contributed by atoms with van der Waals surface area (Å²) in [6, 6.07) is 17.4. The number of nitrogens with zero attached hydrogens (tertiary/aromatic N) is 2. The van der Waals surface area contributed by atoms with Gasteiger partial charge in [-0.2, -0.15) is 0 Å². The van der Waals surface area contributed by atoms with E-state index in [2.05, 4.69) is 5.32 Å². The fourth-order valence-corrected chi connectivity index (χ4v) is 5.57. The highest BCUT2D eigenvalue weighted by Crippen LogP contribution is 2.36. The molecule has 2 N–H and O–H groups in total. The van der Waals surface area contributed by atoms with Crippen LogP contribution in [0.5, 0.6) is 5.75 Å². The average Bonchev–Trinajstić information content (AvgIpc) is 3.24. The molecule has 3 aromatic carbocycles. The summed E-state index contributed by atoms with van der Waals surface area (Å²) in [6.07, 6.45) is 2.20. The second-order valence-corrected chi connectivity index (χ2v) is 11.2. The minimum absolute atomic E-state index is 0.0787. The molecule has 2 radical (unpaired) electrons. The van der Waals surface area contributed by atoms with Crippen LogP contribution in [0.1, 0.15) is 61.0 Å². The fourth-order valence-electron chi connectivity index (χ4n) is 5.57. The summed E-state index contributed by atoms with van der Waals surface area (Å²) in [5.74, 6) is -0.129. The maximum absolute atomic E-state index is 15.7. The Morgan fingerprint density at radius 1 is 1.17 bits per heavy atom. The van der Waals surface area contributed by atoms with Crippen molar-refractivity contribution in [1.82, 2.24) is 14.9 Å². The number of hydrogen-bond donors (Lipinski definition) is 2. The fraction of sp³-hybridized carbons (Fsp3) is 0.273. The first-order chi connectivity index (χ1) is 20.0. The van der Waals surface area contributed by atoms with Crippen molar-refractivity contribution in [2.75, 3.05) is 0 Å². The van der Waals surface area contributed by atoms with Gasteiger partial charge in [-0.05, 0) is 68.1 Å². The first-order valence-electron chi connectivity index (χ1n) is 13.9. The Labute approximate surface area is 245 Å². The number of hydrogen-bond acceptors (Lipinski definition) is 5. The summed E-state index contributed by atoms with van der Waals surface area (Å²) in [5.41, 5.74) is 4.19. The van der Waals surface area contributed by atoms with Crippen LogP contribution in [0, 0.1) is 18.2 Å². The molecule has 42 heavy (non-hydrogen) atoms. The van der Waals surface area contributed by atoms with Crippen molar-refractivity contribution in [3.63, 3.8) is 0 Å². The maximum atomic E-state index is 15.7. The van der Waals surface area contributed by atoms with Gasteiger partial charge in [-0.25, -0.2) is 9.37 Å². The molecule has 9 heteroatoms. The topological polar surface area (TPSA) is 97.1 Å². The van der Waals surface area contributed by atoms with Crippen molar-refractivity contribution in [3.05, 3.63) is 111 Å². The molecule has 2 heterocycles. The van der Waals surface area contributed by atoms with Crippen molar-refractivity contribution in [3.8, 4) is 22.6 Å². The van der Waals surface area contributed by atoms with E-state index in [1.807, 2.05) is 45.9 Å². The first kappa shape index (κ1) is 29.0.